The van der Waals surface area contributed by atoms with Gasteiger partial charge < -0.3 is 15.2 Å². The van der Waals surface area contributed by atoms with Crippen LogP contribution in [0.5, 0.6) is 5.75 Å². The lowest BCUT2D eigenvalue weighted by molar-refractivity contribution is 0.0224. The Morgan fingerprint density at radius 1 is 1.19 bits per heavy atom. The van der Waals surface area contributed by atoms with E-state index in [4.69, 9.17) is 15.2 Å². The molecule has 0 aliphatic carbocycles. The predicted octanol–water partition coefficient (Wildman–Crippen LogP) is 2.34. The Morgan fingerprint density at radius 3 is 2.44 bits per heavy atom. The van der Waals surface area contributed by atoms with Gasteiger partial charge in [0, 0.05) is 12.6 Å². The van der Waals surface area contributed by atoms with Crippen LogP contribution < -0.4 is 10.5 Å². The molecule has 0 aliphatic rings. The lowest BCUT2D eigenvalue weighted by Gasteiger charge is -2.10. The molecule has 0 amide bonds. The first-order chi connectivity index (χ1) is 7.76. The Morgan fingerprint density at radius 2 is 1.88 bits per heavy atom. The third-order valence-corrected chi connectivity index (χ3v) is 2.46. The second kappa shape index (κ2) is 7.25. The maximum Gasteiger partial charge on any atom is 0.189 e. The maximum atomic E-state index is 5.89. The monoisotopic (exact) mass is 223 g/mol. The molecule has 2 N–H and O–H groups in total. The van der Waals surface area contributed by atoms with Crippen molar-refractivity contribution in [1.29, 1.82) is 0 Å². The van der Waals surface area contributed by atoms with E-state index in [9.17, 15) is 0 Å². The van der Waals surface area contributed by atoms with Crippen LogP contribution in [-0.4, -0.2) is 19.4 Å². The number of nitrogens with two attached hydrogens (primary N) is 1. The van der Waals surface area contributed by atoms with Crippen LogP contribution in [0.3, 0.4) is 0 Å². The molecule has 1 atom stereocenters. The fraction of sp³-hybridized carbons (Fsp3) is 0.538. The van der Waals surface area contributed by atoms with Gasteiger partial charge in [0.25, 0.3) is 0 Å². The van der Waals surface area contributed by atoms with Crippen molar-refractivity contribution in [2.24, 2.45) is 5.73 Å². The average Bonchev–Trinajstić information content (AvgIpc) is 2.31. The summed E-state index contributed by atoms with van der Waals surface area (Å²) in [7, 11) is 0. The van der Waals surface area contributed by atoms with Gasteiger partial charge in [0.1, 0.15) is 5.75 Å². The lowest BCUT2D eigenvalue weighted by atomic mass is 10.1. The lowest BCUT2D eigenvalue weighted by Crippen LogP contribution is -2.21. The second-order valence-electron chi connectivity index (χ2n) is 3.77. The largest absolute Gasteiger partial charge is 0.468 e. The van der Waals surface area contributed by atoms with E-state index < -0.39 is 0 Å². The number of ether oxygens (including phenoxy) is 2. The van der Waals surface area contributed by atoms with E-state index >= 15 is 0 Å². The van der Waals surface area contributed by atoms with Crippen molar-refractivity contribution in [1.82, 2.24) is 0 Å². The zero-order valence-electron chi connectivity index (χ0n) is 10.1. The Labute approximate surface area is 97.6 Å². The van der Waals surface area contributed by atoms with Gasteiger partial charge in [-0.05, 0) is 37.5 Å². The van der Waals surface area contributed by atoms with Crippen LogP contribution in [0.4, 0.5) is 0 Å². The zero-order chi connectivity index (χ0) is 11.8. The Hall–Kier alpha value is -1.06. The molecule has 0 aliphatic heterocycles. The second-order valence-corrected chi connectivity index (χ2v) is 3.77. The molecule has 0 saturated carbocycles. The van der Waals surface area contributed by atoms with Crippen molar-refractivity contribution in [3.8, 4) is 5.75 Å². The average molecular weight is 223 g/mol. The third kappa shape index (κ3) is 4.64. The first-order valence-corrected chi connectivity index (χ1v) is 5.81. The standard InChI is InChI=1S/C13H21NO2/c1-3-12(14)9-11-5-7-13(8-6-11)16-10-15-4-2/h5-8,12H,3-4,9-10,14H2,1-2H3. The van der Waals surface area contributed by atoms with Gasteiger partial charge in [-0.3, -0.25) is 0 Å². The van der Waals surface area contributed by atoms with Crippen molar-refractivity contribution >= 4 is 0 Å². The van der Waals surface area contributed by atoms with Crippen LogP contribution in [0.1, 0.15) is 25.8 Å². The summed E-state index contributed by atoms with van der Waals surface area (Å²) < 4.78 is 10.5. The van der Waals surface area contributed by atoms with Gasteiger partial charge in [0.2, 0.25) is 0 Å². The van der Waals surface area contributed by atoms with Gasteiger partial charge in [0.15, 0.2) is 6.79 Å². The summed E-state index contributed by atoms with van der Waals surface area (Å²) in [5.41, 5.74) is 7.14. The Bertz CT molecular complexity index is 284. The van der Waals surface area contributed by atoms with E-state index in [-0.39, 0.29) is 6.04 Å². The molecule has 0 radical (unpaired) electrons. The molecule has 90 valence electrons. The highest BCUT2D eigenvalue weighted by molar-refractivity contribution is 5.27. The normalized spacial score (nSPS) is 12.4. The maximum absolute atomic E-state index is 5.89. The molecule has 16 heavy (non-hydrogen) atoms. The van der Waals surface area contributed by atoms with Gasteiger partial charge in [-0.1, -0.05) is 19.1 Å². The van der Waals surface area contributed by atoms with Crippen LogP contribution in [-0.2, 0) is 11.2 Å². The highest BCUT2D eigenvalue weighted by Crippen LogP contribution is 2.13. The van der Waals surface area contributed by atoms with E-state index in [1.807, 2.05) is 19.1 Å². The summed E-state index contributed by atoms with van der Waals surface area (Å²) in [6.45, 7) is 5.02. The van der Waals surface area contributed by atoms with Gasteiger partial charge in [-0.25, -0.2) is 0 Å². The van der Waals surface area contributed by atoms with Crippen LogP contribution >= 0.6 is 0 Å². The topological polar surface area (TPSA) is 44.5 Å². The fourth-order valence-electron chi connectivity index (χ4n) is 1.36. The molecule has 0 spiro atoms. The van der Waals surface area contributed by atoms with E-state index in [0.29, 0.717) is 13.4 Å². The highest BCUT2D eigenvalue weighted by atomic mass is 16.7. The molecule has 0 aromatic heterocycles. The van der Waals surface area contributed by atoms with Crippen molar-refractivity contribution in [3.63, 3.8) is 0 Å². The number of hydrogen-bond donors (Lipinski definition) is 1. The molecular formula is C13H21NO2. The summed E-state index contributed by atoms with van der Waals surface area (Å²) in [4.78, 5) is 0. The fourth-order valence-corrected chi connectivity index (χ4v) is 1.36. The smallest absolute Gasteiger partial charge is 0.189 e. The highest BCUT2D eigenvalue weighted by Gasteiger charge is 2.01. The van der Waals surface area contributed by atoms with Crippen molar-refractivity contribution in [3.05, 3.63) is 29.8 Å². The molecule has 0 bridgehead atoms. The van der Waals surface area contributed by atoms with Crippen LogP contribution in [0, 0.1) is 0 Å². The molecule has 0 fully saturated rings. The van der Waals surface area contributed by atoms with Crippen LogP contribution in [0.25, 0.3) is 0 Å². The van der Waals surface area contributed by atoms with Crippen LogP contribution in [0.2, 0.25) is 0 Å². The van der Waals surface area contributed by atoms with E-state index in [2.05, 4.69) is 19.1 Å². The number of hydrogen-bond acceptors (Lipinski definition) is 3. The van der Waals surface area contributed by atoms with E-state index in [0.717, 1.165) is 18.6 Å². The summed E-state index contributed by atoms with van der Waals surface area (Å²) in [6, 6.07) is 8.26. The van der Waals surface area contributed by atoms with Gasteiger partial charge in [0.05, 0.1) is 0 Å². The van der Waals surface area contributed by atoms with E-state index in [1.54, 1.807) is 0 Å². The first kappa shape index (κ1) is 13.0. The Balaban J connectivity index is 2.41. The van der Waals surface area contributed by atoms with Gasteiger partial charge in [-0.2, -0.15) is 0 Å². The quantitative estimate of drug-likeness (QED) is 0.570. The summed E-state index contributed by atoms with van der Waals surface area (Å²) in [5.74, 6) is 0.835. The summed E-state index contributed by atoms with van der Waals surface area (Å²) in [5, 5.41) is 0. The zero-order valence-corrected chi connectivity index (χ0v) is 10.1. The molecule has 0 saturated heterocycles. The summed E-state index contributed by atoms with van der Waals surface area (Å²) >= 11 is 0. The third-order valence-electron chi connectivity index (χ3n) is 2.46. The molecule has 1 rings (SSSR count). The molecule has 0 heterocycles. The van der Waals surface area contributed by atoms with E-state index in [1.165, 1.54) is 5.56 Å². The molecule has 3 nitrogen and oxygen atoms in total. The van der Waals surface area contributed by atoms with Crippen molar-refractivity contribution in [2.45, 2.75) is 32.7 Å². The molecular weight excluding hydrogens is 202 g/mol. The SMILES string of the molecule is CCOCOc1ccc(CC(N)CC)cc1. The minimum atomic E-state index is 0.246. The van der Waals surface area contributed by atoms with Gasteiger partial charge in [-0.15, -0.1) is 0 Å². The molecule has 1 unspecified atom stereocenters. The van der Waals surface area contributed by atoms with Crippen molar-refractivity contribution < 1.29 is 9.47 Å². The van der Waals surface area contributed by atoms with Gasteiger partial charge >= 0.3 is 0 Å². The minimum absolute atomic E-state index is 0.246. The summed E-state index contributed by atoms with van der Waals surface area (Å²) in [6.07, 6.45) is 1.92. The Kier molecular flexibility index (Phi) is 5.90. The number of rotatable bonds is 7. The van der Waals surface area contributed by atoms with Crippen molar-refractivity contribution in [2.75, 3.05) is 13.4 Å². The molecule has 3 heteroatoms. The first-order valence-electron chi connectivity index (χ1n) is 5.81. The minimum Gasteiger partial charge on any atom is -0.468 e. The molecule has 1 aromatic rings. The number of benzene rings is 1. The predicted molar refractivity (Wildman–Crippen MR) is 65.5 cm³/mol. The van der Waals surface area contributed by atoms with Crippen LogP contribution in [0.15, 0.2) is 24.3 Å². The molecule has 1 aromatic carbocycles.